The Morgan fingerprint density at radius 3 is 2.54 bits per heavy atom. The molecule has 1 saturated heterocycles. The van der Waals surface area contributed by atoms with Gasteiger partial charge in [-0.05, 0) is 57.0 Å². The molecule has 1 aliphatic rings. The third-order valence-corrected chi connectivity index (χ3v) is 5.79. The summed E-state index contributed by atoms with van der Waals surface area (Å²) in [6.45, 7) is 5.61. The summed E-state index contributed by atoms with van der Waals surface area (Å²) < 4.78 is 7.41. The first-order valence-corrected chi connectivity index (χ1v) is 12.1. The van der Waals surface area contributed by atoms with E-state index in [2.05, 4.69) is 26.4 Å². The fraction of sp³-hybridized carbons (Fsp3) is 0.286. The van der Waals surface area contributed by atoms with Gasteiger partial charge in [-0.2, -0.15) is 10.4 Å². The third kappa shape index (κ3) is 6.63. The van der Waals surface area contributed by atoms with Gasteiger partial charge in [-0.15, -0.1) is 0 Å². The minimum Gasteiger partial charge on any atom is -0.489 e. The van der Waals surface area contributed by atoms with Crippen LogP contribution in [0.25, 0.3) is 16.6 Å². The second kappa shape index (κ2) is 11.5. The largest absolute Gasteiger partial charge is 0.489 e. The van der Waals surface area contributed by atoms with E-state index in [9.17, 15) is 15.2 Å². The second-order valence-corrected chi connectivity index (χ2v) is 9.38. The van der Waals surface area contributed by atoms with Crippen LogP contribution in [0.15, 0.2) is 67.1 Å². The molecule has 0 aliphatic carbocycles. The van der Waals surface area contributed by atoms with E-state index >= 15 is 0 Å². The lowest BCUT2D eigenvalue weighted by molar-refractivity contribution is -0.105. The zero-order valence-corrected chi connectivity index (χ0v) is 21.0. The smallest absolute Gasteiger partial charge is 0.211 e. The number of aromatic nitrogens is 3. The Hall–Kier alpha value is -4.42. The minimum atomic E-state index is -0.948. The van der Waals surface area contributed by atoms with E-state index in [4.69, 9.17) is 4.74 Å². The number of para-hydroxylation sites is 1. The molecule has 3 aromatic heterocycles. The molecule has 0 saturated carbocycles. The summed E-state index contributed by atoms with van der Waals surface area (Å²) in [7, 11) is 0. The molecule has 9 nitrogen and oxygen atoms in total. The first-order chi connectivity index (χ1) is 17.9. The van der Waals surface area contributed by atoms with E-state index in [1.165, 1.54) is 12.8 Å². The molecule has 0 spiro atoms. The number of hydrogen-bond donors (Lipinski definition) is 2. The fourth-order valence-electron chi connectivity index (χ4n) is 4.02. The average molecular weight is 499 g/mol. The SMILES string of the molecule is CC(C)(O)COc1cc(-c2ccc(N3CCCC3)nc2)c2c(C#N)cnn2c1.O=CNc1ccccc1. The number of carbonyl (C=O) groups is 1. The van der Waals surface area contributed by atoms with Gasteiger partial charge in [-0.25, -0.2) is 9.50 Å². The zero-order chi connectivity index (χ0) is 26.3. The molecule has 0 unspecified atom stereocenters. The molecule has 9 heteroatoms. The van der Waals surface area contributed by atoms with Crippen molar-refractivity contribution >= 4 is 23.4 Å². The molecule has 1 aromatic carbocycles. The Balaban J connectivity index is 0.000000301. The quantitative estimate of drug-likeness (QED) is 0.366. The summed E-state index contributed by atoms with van der Waals surface area (Å²) in [6.07, 6.45) is 8.16. The Kier molecular flexibility index (Phi) is 8.01. The lowest BCUT2D eigenvalue weighted by atomic mass is 10.1. The van der Waals surface area contributed by atoms with Gasteiger partial charge >= 0.3 is 0 Å². The van der Waals surface area contributed by atoms with Crippen LogP contribution in [0.5, 0.6) is 5.75 Å². The number of rotatable bonds is 7. The number of amides is 1. The van der Waals surface area contributed by atoms with Gasteiger partial charge in [0.05, 0.1) is 29.1 Å². The monoisotopic (exact) mass is 498 g/mol. The second-order valence-electron chi connectivity index (χ2n) is 9.38. The van der Waals surface area contributed by atoms with Gasteiger partial charge in [0, 0.05) is 36.1 Å². The molecule has 0 bridgehead atoms. The lowest BCUT2D eigenvalue weighted by Gasteiger charge is -2.19. The maximum absolute atomic E-state index is 9.95. The Labute approximate surface area is 215 Å². The van der Waals surface area contributed by atoms with Gasteiger partial charge in [-0.3, -0.25) is 4.79 Å². The first kappa shape index (κ1) is 25.7. The van der Waals surface area contributed by atoms with E-state index in [1.54, 1.807) is 30.8 Å². The van der Waals surface area contributed by atoms with Gasteiger partial charge in [0.2, 0.25) is 6.41 Å². The van der Waals surface area contributed by atoms with Gasteiger partial charge in [0.25, 0.3) is 0 Å². The van der Waals surface area contributed by atoms with Crippen molar-refractivity contribution < 1.29 is 14.6 Å². The molecule has 1 aliphatic heterocycles. The molecular formula is C28H30N6O3. The van der Waals surface area contributed by atoms with E-state index in [0.717, 1.165) is 35.7 Å². The van der Waals surface area contributed by atoms with Crippen molar-refractivity contribution in [1.82, 2.24) is 14.6 Å². The molecule has 1 fully saturated rings. The van der Waals surface area contributed by atoms with Crippen molar-refractivity contribution in [2.24, 2.45) is 0 Å². The lowest BCUT2D eigenvalue weighted by Crippen LogP contribution is -2.27. The standard InChI is InChI=1S/C21H23N5O2.C7H7NO/c1-21(2,27)14-28-17-9-18(20-16(10-22)12-24-26(20)13-17)15-5-6-19(23-11-15)25-7-3-4-8-25;9-6-8-7-4-2-1-3-5-7/h5-6,9,11-13,27H,3-4,7-8,14H2,1-2H3;1-6H,(H,8,9). The van der Waals surface area contributed by atoms with Crippen molar-refractivity contribution in [2.45, 2.75) is 32.3 Å². The molecule has 0 atom stereocenters. The van der Waals surface area contributed by atoms with Crippen LogP contribution in [0, 0.1) is 11.3 Å². The van der Waals surface area contributed by atoms with E-state index in [1.807, 2.05) is 54.7 Å². The van der Waals surface area contributed by atoms with E-state index < -0.39 is 5.60 Å². The van der Waals surface area contributed by atoms with Crippen molar-refractivity contribution in [2.75, 3.05) is 29.9 Å². The number of fused-ring (bicyclic) bond motifs is 1. The predicted molar refractivity (Wildman–Crippen MR) is 143 cm³/mol. The zero-order valence-electron chi connectivity index (χ0n) is 21.0. The van der Waals surface area contributed by atoms with Crippen LogP contribution in [-0.2, 0) is 4.79 Å². The molecule has 37 heavy (non-hydrogen) atoms. The summed E-state index contributed by atoms with van der Waals surface area (Å²) in [5, 5.41) is 26.2. The number of benzene rings is 1. The number of nitrogens with zero attached hydrogens (tertiary/aromatic N) is 5. The number of nitriles is 1. The Morgan fingerprint density at radius 1 is 1.16 bits per heavy atom. The molecule has 190 valence electrons. The Bertz CT molecular complexity index is 1370. The third-order valence-electron chi connectivity index (χ3n) is 5.79. The molecule has 0 radical (unpaired) electrons. The first-order valence-electron chi connectivity index (χ1n) is 12.1. The van der Waals surface area contributed by atoms with Gasteiger partial charge < -0.3 is 20.1 Å². The van der Waals surface area contributed by atoms with E-state index in [0.29, 0.717) is 23.2 Å². The average Bonchev–Trinajstić information content (AvgIpc) is 3.58. The summed E-state index contributed by atoms with van der Waals surface area (Å²) in [4.78, 5) is 16.8. The number of ether oxygens (including phenoxy) is 1. The van der Waals surface area contributed by atoms with Gasteiger partial charge in [-0.1, -0.05) is 18.2 Å². The van der Waals surface area contributed by atoms with Crippen molar-refractivity contribution in [3.05, 3.63) is 72.7 Å². The van der Waals surface area contributed by atoms with Crippen LogP contribution in [-0.4, -0.2) is 51.4 Å². The summed E-state index contributed by atoms with van der Waals surface area (Å²) >= 11 is 0. The molecule has 4 aromatic rings. The number of nitrogens with one attached hydrogen (secondary N) is 1. The van der Waals surface area contributed by atoms with Gasteiger partial charge in [0.1, 0.15) is 24.2 Å². The van der Waals surface area contributed by atoms with Crippen LogP contribution in [0.4, 0.5) is 11.5 Å². The highest BCUT2D eigenvalue weighted by molar-refractivity contribution is 5.85. The fourth-order valence-corrected chi connectivity index (χ4v) is 4.02. The normalized spacial score (nSPS) is 13.0. The number of aliphatic hydroxyl groups is 1. The maximum atomic E-state index is 9.95. The highest BCUT2D eigenvalue weighted by Crippen LogP contribution is 2.32. The van der Waals surface area contributed by atoms with Crippen LogP contribution < -0.4 is 15.0 Å². The summed E-state index contributed by atoms with van der Waals surface area (Å²) in [5.74, 6) is 1.54. The highest BCUT2D eigenvalue weighted by Gasteiger charge is 2.18. The number of pyridine rings is 2. The topological polar surface area (TPSA) is 116 Å². The number of hydrogen-bond acceptors (Lipinski definition) is 7. The van der Waals surface area contributed by atoms with Crippen LogP contribution in [0.1, 0.15) is 32.3 Å². The number of anilines is 2. The predicted octanol–water partition coefficient (Wildman–Crippen LogP) is 4.27. The van der Waals surface area contributed by atoms with Crippen molar-refractivity contribution in [1.29, 1.82) is 5.26 Å². The highest BCUT2D eigenvalue weighted by atomic mass is 16.5. The van der Waals surface area contributed by atoms with Gasteiger partial charge in [0.15, 0.2) is 0 Å². The molecule has 5 rings (SSSR count). The van der Waals surface area contributed by atoms with Crippen molar-refractivity contribution in [3.8, 4) is 22.9 Å². The summed E-state index contributed by atoms with van der Waals surface area (Å²) in [5.41, 5.74) is 2.80. The molecule has 4 heterocycles. The molecular weight excluding hydrogens is 468 g/mol. The molecule has 2 N–H and O–H groups in total. The number of carbonyl (C=O) groups excluding carboxylic acids is 1. The Morgan fingerprint density at radius 2 is 1.92 bits per heavy atom. The molecule has 1 amide bonds. The van der Waals surface area contributed by atoms with Crippen LogP contribution in [0.2, 0.25) is 0 Å². The van der Waals surface area contributed by atoms with Crippen molar-refractivity contribution in [3.63, 3.8) is 0 Å². The van der Waals surface area contributed by atoms with Crippen LogP contribution >= 0.6 is 0 Å². The minimum absolute atomic E-state index is 0.149. The summed E-state index contributed by atoms with van der Waals surface area (Å²) in [6, 6.07) is 17.4. The van der Waals surface area contributed by atoms with E-state index in [-0.39, 0.29) is 6.61 Å². The maximum Gasteiger partial charge on any atom is 0.211 e. The van der Waals surface area contributed by atoms with Crippen LogP contribution in [0.3, 0.4) is 0 Å².